The summed E-state index contributed by atoms with van der Waals surface area (Å²) < 4.78 is 59.8. The van der Waals surface area contributed by atoms with Crippen LogP contribution in [0.2, 0.25) is 0 Å². The fourth-order valence-corrected chi connectivity index (χ4v) is 3.19. The van der Waals surface area contributed by atoms with E-state index in [9.17, 15) is 26.4 Å². The van der Waals surface area contributed by atoms with Crippen molar-refractivity contribution in [2.45, 2.75) is 29.3 Å². The highest BCUT2D eigenvalue weighted by Gasteiger charge is 2.46. The molecule has 1 atom stereocenters. The summed E-state index contributed by atoms with van der Waals surface area (Å²) in [5, 5.41) is 0. The first-order chi connectivity index (χ1) is 10.2. The molecule has 1 saturated heterocycles. The summed E-state index contributed by atoms with van der Waals surface area (Å²) in [6, 6.07) is 3.68. The molecule has 22 heavy (non-hydrogen) atoms. The van der Waals surface area contributed by atoms with Crippen LogP contribution in [0.4, 0.5) is 13.2 Å². The summed E-state index contributed by atoms with van der Waals surface area (Å²) in [7, 11) is -5.40. The van der Waals surface area contributed by atoms with Gasteiger partial charge in [-0.05, 0) is 37.1 Å². The summed E-state index contributed by atoms with van der Waals surface area (Å²) in [5.74, 6) is -0.357. The van der Waals surface area contributed by atoms with E-state index in [1.54, 1.807) is 4.90 Å². The van der Waals surface area contributed by atoms with Gasteiger partial charge in [-0.15, -0.1) is 0 Å². The number of carbonyl (C=O) groups is 1. The molecule has 1 amide bonds. The number of carbonyl (C=O) groups excluding carboxylic acids is 1. The number of nitrogens with two attached hydrogens (primary N) is 1. The highest BCUT2D eigenvalue weighted by atomic mass is 32.2. The van der Waals surface area contributed by atoms with Crippen molar-refractivity contribution in [3.63, 3.8) is 0 Å². The van der Waals surface area contributed by atoms with Crippen molar-refractivity contribution in [3.8, 4) is 0 Å². The molecule has 1 aliphatic heterocycles. The van der Waals surface area contributed by atoms with Crippen LogP contribution in [0.3, 0.4) is 0 Å². The molecule has 0 spiro atoms. The molecule has 0 saturated carbocycles. The molecule has 0 aromatic heterocycles. The molecule has 1 aromatic rings. The van der Waals surface area contributed by atoms with Gasteiger partial charge in [0.05, 0.1) is 4.90 Å². The SMILES string of the molecule is NCC1CCCN1C(=O)c1ccc(S(=O)(=O)C(F)(F)F)cc1. The van der Waals surface area contributed by atoms with Crippen molar-refractivity contribution in [1.29, 1.82) is 0 Å². The first kappa shape index (κ1) is 16.8. The Morgan fingerprint density at radius 2 is 1.86 bits per heavy atom. The molecule has 2 rings (SSSR count). The van der Waals surface area contributed by atoms with Crippen molar-refractivity contribution < 1.29 is 26.4 Å². The molecule has 1 fully saturated rings. The Labute approximate surface area is 125 Å². The van der Waals surface area contributed by atoms with E-state index in [1.807, 2.05) is 0 Å². The van der Waals surface area contributed by atoms with Gasteiger partial charge < -0.3 is 10.6 Å². The van der Waals surface area contributed by atoms with Gasteiger partial charge in [0.15, 0.2) is 0 Å². The second-order valence-electron chi connectivity index (χ2n) is 5.00. The zero-order valence-electron chi connectivity index (χ0n) is 11.5. The summed E-state index contributed by atoms with van der Waals surface area (Å²) >= 11 is 0. The Morgan fingerprint density at radius 1 is 1.27 bits per heavy atom. The lowest BCUT2D eigenvalue weighted by atomic mass is 10.1. The number of hydrogen-bond donors (Lipinski definition) is 1. The molecule has 2 N–H and O–H groups in total. The number of hydrogen-bond acceptors (Lipinski definition) is 4. The van der Waals surface area contributed by atoms with Crippen molar-refractivity contribution in [3.05, 3.63) is 29.8 Å². The maximum atomic E-state index is 12.4. The van der Waals surface area contributed by atoms with Gasteiger partial charge in [0, 0.05) is 24.7 Å². The minimum Gasteiger partial charge on any atom is -0.334 e. The molecule has 1 aromatic carbocycles. The lowest BCUT2D eigenvalue weighted by Gasteiger charge is -2.23. The Hall–Kier alpha value is -1.61. The van der Waals surface area contributed by atoms with Crippen molar-refractivity contribution in [2.75, 3.05) is 13.1 Å². The minimum absolute atomic E-state index is 0.0916. The molecule has 5 nitrogen and oxygen atoms in total. The third-order valence-corrected chi connectivity index (χ3v) is 5.13. The van der Waals surface area contributed by atoms with Crippen LogP contribution in [0.25, 0.3) is 0 Å². The first-order valence-corrected chi connectivity index (χ1v) is 8.09. The number of halogens is 3. The van der Waals surface area contributed by atoms with E-state index in [-0.39, 0.29) is 17.5 Å². The molecule has 1 unspecified atom stereocenters. The molecule has 0 aliphatic carbocycles. The lowest BCUT2D eigenvalue weighted by Crippen LogP contribution is -2.39. The number of rotatable bonds is 3. The van der Waals surface area contributed by atoms with Gasteiger partial charge >= 0.3 is 5.51 Å². The van der Waals surface area contributed by atoms with Gasteiger partial charge in [-0.2, -0.15) is 13.2 Å². The largest absolute Gasteiger partial charge is 0.501 e. The summed E-state index contributed by atoms with van der Waals surface area (Å²) in [4.78, 5) is 13.0. The highest BCUT2D eigenvalue weighted by Crippen LogP contribution is 2.30. The van der Waals surface area contributed by atoms with Crippen LogP contribution in [0, 0.1) is 0 Å². The maximum absolute atomic E-state index is 12.4. The number of sulfone groups is 1. The van der Waals surface area contributed by atoms with E-state index in [1.165, 1.54) is 0 Å². The van der Waals surface area contributed by atoms with Crippen LogP contribution in [0.15, 0.2) is 29.2 Å². The third-order valence-electron chi connectivity index (χ3n) is 3.63. The van der Waals surface area contributed by atoms with Crippen molar-refractivity contribution >= 4 is 15.7 Å². The summed E-state index contributed by atoms with van der Waals surface area (Å²) in [6.45, 7) is 0.843. The maximum Gasteiger partial charge on any atom is 0.501 e. The number of alkyl halides is 3. The molecule has 9 heteroatoms. The average molecular weight is 336 g/mol. The molecule has 0 radical (unpaired) electrons. The van der Waals surface area contributed by atoms with E-state index in [4.69, 9.17) is 5.73 Å². The Balaban J connectivity index is 2.24. The van der Waals surface area contributed by atoms with Gasteiger partial charge in [0.25, 0.3) is 15.7 Å². The number of amides is 1. The second-order valence-corrected chi connectivity index (χ2v) is 6.95. The smallest absolute Gasteiger partial charge is 0.334 e. The lowest BCUT2D eigenvalue weighted by molar-refractivity contribution is -0.0436. The highest BCUT2D eigenvalue weighted by molar-refractivity contribution is 7.92. The molecular formula is C13H15F3N2O3S. The van der Waals surface area contributed by atoms with Crippen LogP contribution in [-0.4, -0.2) is 43.9 Å². The molecule has 1 aliphatic rings. The van der Waals surface area contributed by atoms with E-state index >= 15 is 0 Å². The van der Waals surface area contributed by atoms with E-state index in [2.05, 4.69) is 0 Å². The van der Waals surface area contributed by atoms with Crippen LogP contribution in [0.1, 0.15) is 23.2 Å². The van der Waals surface area contributed by atoms with Gasteiger partial charge in [0.1, 0.15) is 0 Å². The normalized spacial score (nSPS) is 19.5. The monoisotopic (exact) mass is 336 g/mol. The topological polar surface area (TPSA) is 80.5 Å². The predicted molar refractivity (Wildman–Crippen MR) is 72.8 cm³/mol. The van der Waals surface area contributed by atoms with Crippen LogP contribution < -0.4 is 5.73 Å². The summed E-state index contributed by atoms with van der Waals surface area (Å²) in [6.07, 6.45) is 1.59. The van der Waals surface area contributed by atoms with Gasteiger partial charge in [-0.3, -0.25) is 4.79 Å². The van der Waals surface area contributed by atoms with Crippen molar-refractivity contribution in [1.82, 2.24) is 4.90 Å². The fourth-order valence-electron chi connectivity index (χ4n) is 2.42. The third kappa shape index (κ3) is 2.95. The molecule has 0 bridgehead atoms. The Kier molecular flexibility index (Phi) is 4.48. The zero-order chi connectivity index (χ0) is 16.5. The second kappa shape index (κ2) is 5.88. The zero-order valence-corrected chi connectivity index (χ0v) is 12.3. The van der Waals surface area contributed by atoms with Gasteiger partial charge in [-0.25, -0.2) is 8.42 Å². The van der Waals surface area contributed by atoms with Gasteiger partial charge in [0.2, 0.25) is 0 Å². The summed E-state index contributed by atoms with van der Waals surface area (Å²) in [5.41, 5.74) is 0.348. The van der Waals surface area contributed by atoms with Crippen LogP contribution in [-0.2, 0) is 9.84 Å². The quantitative estimate of drug-likeness (QED) is 0.908. The number of benzene rings is 1. The van der Waals surface area contributed by atoms with Crippen molar-refractivity contribution in [2.24, 2.45) is 5.73 Å². The fraction of sp³-hybridized carbons (Fsp3) is 0.462. The Morgan fingerprint density at radius 3 is 2.36 bits per heavy atom. The molecule has 122 valence electrons. The minimum atomic E-state index is -5.40. The first-order valence-electron chi connectivity index (χ1n) is 6.61. The molecule has 1 heterocycles. The van der Waals surface area contributed by atoms with E-state index in [0.29, 0.717) is 13.1 Å². The van der Waals surface area contributed by atoms with Gasteiger partial charge in [-0.1, -0.05) is 0 Å². The predicted octanol–water partition coefficient (Wildman–Crippen LogP) is 1.54. The van der Waals surface area contributed by atoms with E-state index < -0.39 is 20.2 Å². The Bertz CT molecular complexity index is 656. The number of nitrogens with zero attached hydrogens (tertiary/aromatic N) is 1. The van der Waals surface area contributed by atoms with Crippen LogP contribution >= 0.6 is 0 Å². The number of likely N-dealkylation sites (tertiary alicyclic amines) is 1. The standard InChI is InChI=1S/C13H15F3N2O3S/c14-13(15,16)22(20,21)11-5-3-9(4-6-11)12(19)18-7-1-2-10(18)8-17/h3-6,10H,1-2,7-8,17H2. The van der Waals surface area contributed by atoms with Crippen LogP contribution in [0.5, 0.6) is 0 Å². The molecular weight excluding hydrogens is 321 g/mol. The van der Waals surface area contributed by atoms with E-state index in [0.717, 1.165) is 37.1 Å². The average Bonchev–Trinajstić information content (AvgIpc) is 2.94.